The molecule has 1 unspecified atom stereocenters. The minimum Gasteiger partial charge on any atom is -0.397 e. The van der Waals surface area contributed by atoms with E-state index in [0.717, 1.165) is 44.8 Å². The van der Waals surface area contributed by atoms with Gasteiger partial charge in [-0.1, -0.05) is 31.2 Å². The zero-order chi connectivity index (χ0) is 22.7. The third kappa shape index (κ3) is 4.14. The van der Waals surface area contributed by atoms with Crippen molar-refractivity contribution in [2.24, 2.45) is 4.99 Å². The molecule has 4 rings (SSSR count). The molecular formula is C22H26N10. The lowest BCUT2D eigenvalue weighted by Gasteiger charge is -2.34. The summed E-state index contributed by atoms with van der Waals surface area (Å²) in [6.45, 7) is 8.33. The molecule has 0 aliphatic carbocycles. The first-order valence-electron chi connectivity index (χ1n) is 10.6. The minimum atomic E-state index is -0.529. The topological polar surface area (TPSA) is 155 Å². The molecule has 1 fully saturated rings. The Morgan fingerprint density at radius 2 is 1.94 bits per heavy atom. The highest BCUT2D eigenvalue weighted by Gasteiger charge is 2.29. The average Bonchev–Trinajstić information content (AvgIpc) is 2.79. The van der Waals surface area contributed by atoms with Crippen LogP contribution in [-0.4, -0.2) is 53.5 Å². The molecule has 0 radical (unpaired) electrons. The second-order valence-electron chi connectivity index (χ2n) is 7.86. The van der Waals surface area contributed by atoms with Crippen LogP contribution in [0.5, 0.6) is 0 Å². The number of guanidine groups is 1. The zero-order valence-corrected chi connectivity index (χ0v) is 18.0. The average molecular weight is 431 g/mol. The highest BCUT2D eigenvalue weighted by molar-refractivity contribution is 5.98. The summed E-state index contributed by atoms with van der Waals surface area (Å²) in [6, 6.07) is 9.66. The Balaban J connectivity index is 1.68. The SMILES string of the molecule is CCN1CCN(Cc2cccc(C3N=C(NC#N)Nc4nc(N)c(C#N)c(N)c43)c2)CC1. The standard InChI is InChI=1S/C22H26N10/c1-2-31-6-8-32(9-7-31)12-14-4-3-5-15(10-14)19-17-18(25)16(11-23)20(26)29-21(17)30-22(28-19)27-13-24/h3-5,10,19H,2,6-9,12H2,1H3,(H6,25,26,27,28,29,30). The van der Waals surface area contributed by atoms with Crippen molar-refractivity contribution in [3.05, 3.63) is 46.5 Å². The summed E-state index contributed by atoms with van der Waals surface area (Å²) >= 11 is 0. The number of likely N-dealkylation sites (N-methyl/N-ethyl adjacent to an activating group) is 1. The number of rotatable bonds is 4. The van der Waals surface area contributed by atoms with E-state index < -0.39 is 6.04 Å². The van der Waals surface area contributed by atoms with E-state index in [2.05, 4.69) is 49.5 Å². The number of nitrogens with one attached hydrogen (secondary N) is 2. The number of aliphatic imine (C=N–C) groups is 1. The molecule has 0 bridgehead atoms. The number of aromatic nitrogens is 1. The highest BCUT2D eigenvalue weighted by Crippen LogP contribution is 2.40. The van der Waals surface area contributed by atoms with Gasteiger partial charge in [0, 0.05) is 38.3 Å². The summed E-state index contributed by atoms with van der Waals surface area (Å²) in [5.41, 5.74) is 15.3. The van der Waals surface area contributed by atoms with Gasteiger partial charge in [0.15, 0.2) is 6.19 Å². The van der Waals surface area contributed by atoms with Gasteiger partial charge in [-0.25, -0.2) is 9.98 Å². The molecule has 2 aliphatic rings. The summed E-state index contributed by atoms with van der Waals surface area (Å²) in [7, 11) is 0. The quantitative estimate of drug-likeness (QED) is 0.413. The van der Waals surface area contributed by atoms with Crippen molar-refractivity contribution in [3.8, 4) is 12.3 Å². The number of hydrogen-bond acceptors (Lipinski definition) is 10. The normalized spacial score (nSPS) is 18.6. The Bertz CT molecular complexity index is 1120. The Morgan fingerprint density at radius 3 is 2.62 bits per heavy atom. The molecule has 1 aromatic heterocycles. The monoisotopic (exact) mass is 430 g/mol. The predicted molar refractivity (Wildman–Crippen MR) is 123 cm³/mol. The van der Waals surface area contributed by atoms with Gasteiger partial charge < -0.3 is 21.7 Å². The molecule has 2 aliphatic heterocycles. The Hall–Kier alpha value is -3.86. The Labute approximate surface area is 187 Å². The fourth-order valence-corrected chi connectivity index (χ4v) is 4.21. The van der Waals surface area contributed by atoms with Crippen LogP contribution in [0.25, 0.3) is 0 Å². The summed E-state index contributed by atoms with van der Waals surface area (Å²) in [5.74, 6) is 0.674. The predicted octanol–water partition coefficient (Wildman–Crippen LogP) is 1.20. The van der Waals surface area contributed by atoms with Gasteiger partial charge in [0.2, 0.25) is 5.96 Å². The summed E-state index contributed by atoms with van der Waals surface area (Å²) in [5, 5.41) is 24.0. The van der Waals surface area contributed by atoms with E-state index in [0.29, 0.717) is 11.4 Å². The summed E-state index contributed by atoms with van der Waals surface area (Å²) < 4.78 is 0. The van der Waals surface area contributed by atoms with Crippen molar-refractivity contribution in [1.29, 1.82) is 10.5 Å². The van der Waals surface area contributed by atoms with Gasteiger partial charge in [-0.2, -0.15) is 10.5 Å². The van der Waals surface area contributed by atoms with Gasteiger partial charge in [0.25, 0.3) is 0 Å². The van der Waals surface area contributed by atoms with E-state index in [1.165, 1.54) is 5.56 Å². The van der Waals surface area contributed by atoms with Crippen molar-refractivity contribution in [1.82, 2.24) is 20.1 Å². The highest BCUT2D eigenvalue weighted by atomic mass is 15.3. The zero-order valence-electron chi connectivity index (χ0n) is 18.0. The van der Waals surface area contributed by atoms with Crippen LogP contribution in [0.3, 0.4) is 0 Å². The van der Waals surface area contributed by atoms with Crippen LogP contribution in [0.1, 0.15) is 35.2 Å². The van der Waals surface area contributed by atoms with Crippen LogP contribution in [-0.2, 0) is 6.54 Å². The molecule has 0 amide bonds. The number of anilines is 3. The minimum absolute atomic E-state index is 0.0354. The lowest BCUT2D eigenvalue weighted by atomic mass is 9.94. The summed E-state index contributed by atoms with van der Waals surface area (Å²) in [4.78, 5) is 13.8. The first-order chi connectivity index (χ1) is 15.5. The first kappa shape index (κ1) is 21.4. The van der Waals surface area contributed by atoms with Crippen molar-refractivity contribution in [2.45, 2.75) is 19.5 Å². The third-order valence-corrected chi connectivity index (χ3v) is 5.94. The van der Waals surface area contributed by atoms with Crippen molar-refractivity contribution in [2.75, 3.05) is 49.5 Å². The molecule has 1 aromatic carbocycles. The molecular weight excluding hydrogens is 404 g/mol. The molecule has 1 saturated heterocycles. The number of hydrogen-bond donors (Lipinski definition) is 4. The second-order valence-corrected chi connectivity index (χ2v) is 7.86. The van der Waals surface area contributed by atoms with Crippen molar-refractivity contribution in [3.63, 3.8) is 0 Å². The van der Waals surface area contributed by atoms with Crippen LogP contribution in [0.15, 0.2) is 29.3 Å². The fraction of sp³-hybridized carbons (Fsp3) is 0.364. The number of benzene rings is 1. The van der Waals surface area contributed by atoms with Crippen LogP contribution in [0, 0.1) is 22.8 Å². The number of nitrogens with zero attached hydrogens (tertiary/aromatic N) is 6. The smallest absolute Gasteiger partial charge is 0.211 e. The van der Waals surface area contributed by atoms with Crippen molar-refractivity contribution < 1.29 is 0 Å². The van der Waals surface area contributed by atoms with E-state index >= 15 is 0 Å². The van der Waals surface area contributed by atoms with Crippen LogP contribution < -0.4 is 22.1 Å². The van der Waals surface area contributed by atoms with E-state index in [1.54, 1.807) is 0 Å². The lowest BCUT2D eigenvalue weighted by Crippen LogP contribution is -2.45. The van der Waals surface area contributed by atoms with E-state index in [9.17, 15) is 5.26 Å². The van der Waals surface area contributed by atoms with E-state index in [1.807, 2.05) is 24.4 Å². The molecule has 0 spiro atoms. The molecule has 2 aromatic rings. The molecule has 1 atom stereocenters. The van der Waals surface area contributed by atoms with Crippen LogP contribution >= 0.6 is 0 Å². The van der Waals surface area contributed by atoms with Gasteiger partial charge in [-0.15, -0.1) is 0 Å². The molecule has 10 nitrogen and oxygen atoms in total. The van der Waals surface area contributed by atoms with Gasteiger partial charge in [-0.05, 0) is 17.7 Å². The number of pyridine rings is 1. The number of nitrogens with two attached hydrogens (primary N) is 2. The fourth-order valence-electron chi connectivity index (χ4n) is 4.21. The van der Waals surface area contributed by atoms with Gasteiger partial charge >= 0.3 is 0 Å². The molecule has 0 saturated carbocycles. The number of piperazine rings is 1. The van der Waals surface area contributed by atoms with Gasteiger partial charge in [0.1, 0.15) is 29.3 Å². The van der Waals surface area contributed by atoms with Crippen LogP contribution in [0.2, 0.25) is 0 Å². The second kappa shape index (κ2) is 9.10. The maximum atomic E-state index is 9.49. The maximum absolute atomic E-state index is 9.49. The van der Waals surface area contributed by atoms with Crippen LogP contribution in [0.4, 0.5) is 17.3 Å². The molecule has 32 heavy (non-hydrogen) atoms. The third-order valence-electron chi connectivity index (χ3n) is 5.94. The maximum Gasteiger partial charge on any atom is 0.211 e. The Morgan fingerprint density at radius 1 is 1.19 bits per heavy atom. The lowest BCUT2D eigenvalue weighted by molar-refractivity contribution is 0.132. The molecule has 164 valence electrons. The first-order valence-corrected chi connectivity index (χ1v) is 10.6. The molecule has 6 N–H and O–H groups in total. The molecule has 10 heteroatoms. The number of fused-ring (bicyclic) bond motifs is 1. The van der Waals surface area contributed by atoms with Gasteiger partial charge in [-0.3, -0.25) is 10.2 Å². The number of nitriles is 2. The largest absolute Gasteiger partial charge is 0.397 e. The van der Waals surface area contributed by atoms with E-state index in [-0.39, 0.29) is 23.0 Å². The van der Waals surface area contributed by atoms with Crippen molar-refractivity contribution >= 4 is 23.3 Å². The molecule has 3 heterocycles. The van der Waals surface area contributed by atoms with E-state index in [4.69, 9.17) is 16.7 Å². The Kier molecular flexibility index (Phi) is 6.08. The number of nitrogen functional groups attached to an aromatic ring is 2. The summed E-state index contributed by atoms with van der Waals surface area (Å²) in [6.07, 6.45) is 1.87. The van der Waals surface area contributed by atoms with Gasteiger partial charge in [0.05, 0.1) is 5.69 Å².